The van der Waals surface area contributed by atoms with E-state index in [1.54, 1.807) is 17.1 Å². The Bertz CT molecular complexity index is 1240. The highest BCUT2D eigenvalue weighted by molar-refractivity contribution is 5.98. The normalized spacial score (nSPS) is 18.8. The van der Waals surface area contributed by atoms with Crippen molar-refractivity contribution in [2.45, 2.75) is 26.2 Å². The molecule has 8 nitrogen and oxygen atoms in total. The number of hydrogen-bond acceptors (Lipinski definition) is 6. The van der Waals surface area contributed by atoms with Crippen molar-refractivity contribution in [3.8, 4) is 0 Å². The Labute approximate surface area is 180 Å². The third-order valence-corrected chi connectivity index (χ3v) is 5.68. The van der Waals surface area contributed by atoms with E-state index in [9.17, 15) is 4.79 Å². The zero-order valence-corrected chi connectivity index (χ0v) is 17.8. The monoisotopic (exact) mass is 415 g/mol. The Balaban J connectivity index is 1.56. The van der Waals surface area contributed by atoms with Gasteiger partial charge in [-0.05, 0) is 73.2 Å². The van der Waals surface area contributed by atoms with E-state index in [4.69, 9.17) is 5.73 Å². The Morgan fingerprint density at radius 1 is 1.35 bits per heavy atom. The Morgan fingerprint density at radius 3 is 2.87 bits per heavy atom. The molecule has 8 heteroatoms. The van der Waals surface area contributed by atoms with Gasteiger partial charge < -0.3 is 11.1 Å². The quantitative estimate of drug-likeness (QED) is 0.471. The van der Waals surface area contributed by atoms with Crippen molar-refractivity contribution in [2.24, 2.45) is 18.0 Å². The van der Waals surface area contributed by atoms with Crippen molar-refractivity contribution in [2.75, 3.05) is 11.1 Å². The smallest absolute Gasteiger partial charge is 0.229 e. The van der Waals surface area contributed by atoms with Crippen LogP contribution in [0.15, 0.2) is 53.6 Å². The topological polar surface area (TPSA) is 111 Å². The van der Waals surface area contributed by atoms with Crippen LogP contribution >= 0.6 is 0 Å². The maximum atomic E-state index is 12.7. The van der Waals surface area contributed by atoms with Gasteiger partial charge in [-0.1, -0.05) is 0 Å². The number of pyridine rings is 2. The first-order valence-electron chi connectivity index (χ1n) is 10.0. The molecule has 0 spiro atoms. The standard InChI is InChI=1S/C23H25N7O/c1-13(5-6-25-3)14(2)20-7-15-8-21(26-11-19(15)22(24)28-20)29-23(31)18-9-17(18)16-10-27-30(4)12-16/h5-8,10-12,17-18H,3,9H2,1-2,4H3,(H2,24,28)(H,26,29,31)/b6-5-,14-13+/t17-,18+/m1/s1. The predicted octanol–water partition coefficient (Wildman–Crippen LogP) is 3.70. The number of aromatic nitrogens is 4. The van der Waals surface area contributed by atoms with E-state index in [0.29, 0.717) is 11.6 Å². The van der Waals surface area contributed by atoms with Crippen LogP contribution in [0.4, 0.5) is 11.6 Å². The van der Waals surface area contributed by atoms with Crippen LogP contribution in [0, 0.1) is 5.92 Å². The van der Waals surface area contributed by atoms with Gasteiger partial charge in [-0.25, -0.2) is 9.97 Å². The number of rotatable bonds is 6. The second-order valence-corrected chi connectivity index (χ2v) is 7.88. The van der Waals surface area contributed by atoms with E-state index in [2.05, 4.69) is 32.1 Å². The first-order valence-corrected chi connectivity index (χ1v) is 10.0. The Kier molecular flexibility index (Phi) is 5.37. The minimum atomic E-state index is -0.0575. The van der Waals surface area contributed by atoms with Gasteiger partial charge in [-0.15, -0.1) is 0 Å². The summed E-state index contributed by atoms with van der Waals surface area (Å²) in [7, 11) is 1.87. The fourth-order valence-electron chi connectivity index (χ4n) is 3.63. The molecule has 0 aromatic carbocycles. The highest BCUT2D eigenvalue weighted by Gasteiger charge is 2.44. The van der Waals surface area contributed by atoms with E-state index in [1.165, 1.54) is 0 Å². The number of anilines is 2. The molecule has 31 heavy (non-hydrogen) atoms. The van der Waals surface area contributed by atoms with E-state index in [1.807, 2.05) is 51.5 Å². The lowest BCUT2D eigenvalue weighted by Crippen LogP contribution is -2.15. The van der Waals surface area contributed by atoms with Crippen molar-refractivity contribution in [1.82, 2.24) is 19.7 Å². The Morgan fingerprint density at radius 2 is 2.16 bits per heavy atom. The summed E-state index contributed by atoms with van der Waals surface area (Å²) in [6.45, 7) is 7.41. The predicted molar refractivity (Wildman–Crippen MR) is 124 cm³/mol. The number of allylic oxidation sites excluding steroid dienone is 3. The first-order chi connectivity index (χ1) is 14.9. The molecule has 3 N–H and O–H groups in total. The molecule has 0 bridgehead atoms. The molecule has 3 aromatic heterocycles. The molecule has 1 aliphatic carbocycles. The molecule has 0 radical (unpaired) electrons. The van der Waals surface area contributed by atoms with Gasteiger partial charge in [0.1, 0.15) is 11.6 Å². The molecule has 2 atom stereocenters. The number of carbonyl (C=O) groups is 1. The number of aryl methyl sites for hydroxylation is 1. The molecule has 1 saturated carbocycles. The lowest BCUT2D eigenvalue weighted by molar-refractivity contribution is -0.117. The molecule has 0 aliphatic heterocycles. The summed E-state index contributed by atoms with van der Waals surface area (Å²) in [5, 5.41) is 8.74. The van der Waals surface area contributed by atoms with Gasteiger partial charge in [0.25, 0.3) is 0 Å². The molecule has 3 heterocycles. The SMILES string of the molecule is C=N/C=C\C(C)=C(/C)c1cc2cc(NC(=O)[C@H]3C[C@@H]3c3cnn(C)c3)ncc2c(N)n1. The minimum Gasteiger partial charge on any atom is -0.383 e. The fourth-order valence-corrected chi connectivity index (χ4v) is 3.63. The number of fused-ring (bicyclic) bond motifs is 1. The number of aliphatic imine (C=N–C) groups is 1. The highest BCUT2D eigenvalue weighted by atomic mass is 16.2. The number of carbonyl (C=O) groups excluding carboxylic acids is 1. The molecule has 1 amide bonds. The van der Waals surface area contributed by atoms with Gasteiger partial charge in [0.15, 0.2) is 0 Å². The molecule has 1 aliphatic rings. The molecule has 0 saturated heterocycles. The largest absolute Gasteiger partial charge is 0.383 e. The van der Waals surface area contributed by atoms with Crippen molar-refractivity contribution in [3.05, 3.63) is 59.8 Å². The molecule has 3 aromatic rings. The molecular weight excluding hydrogens is 390 g/mol. The van der Waals surface area contributed by atoms with Crippen molar-refractivity contribution >= 4 is 40.6 Å². The summed E-state index contributed by atoms with van der Waals surface area (Å²) in [6.07, 6.45) is 9.76. The average molecular weight is 416 g/mol. The number of amides is 1. The fraction of sp³-hybridized carbons (Fsp3) is 0.261. The third-order valence-electron chi connectivity index (χ3n) is 5.68. The van der Waals surface area contributed by atoms with Crippen LogP contribution in [-0.2, 0) is 11.8 Å². The van der Waals surface area contributed by atoms with Gasteiger partial charge in [-0.2, -0.15) is 5.10 Å². The first kappa shape index (κ1) is 20.5. The zero-order valence-electron chi connectivity index (χ0n) is 17.8. The second kappa shape index (κ2) is 8.14. The molecule has 1 fully saturated rings. The van der Waals surface area contributed by atoms with E-state index >= 15 is 0 Å². The number of nitrogens with two attached hydrogens (primary N) is 1. The van der Waals surface area contributed by atoms with Gasteiger partial charge in [0, 0.05) is 36.9 Å². The van der Waals surface area contributed by atoms with Crippen LogP contribution in [-0.4, -0.2) is 32.4 Å². The van der Waals surface area contributed by atoms with Crippen molar-refractivity contribution < 1.29 is 4.79 Å². The van der Waals surface area contributed by atoms with Gasteiger partial charge in [-0.3, -0.25) is 14.5 Å². The van der Waals surface area contributed by atoms with E-state index in [0.717, 1.165) is 39.6 Å². The molecule has 0 unspecified atom stereocenters. The van der Waals surface area contributed by atoms with Crippen LogP contribution in [0.1, 0.15) is 37.4 Å². The van der Waals surface area contributed by atoms with E-state index < -0.39 is 0 Å². The number of nitrogens with zero attached hydrogens (tertiary/aromatic N) is 5. The minimum absolute atomic E-state index is 0.0306. The molecular formula is C23H25N7O. The lowest BCUT2D eigenvalue weighted by Gasteiger charge is -2.10. The van der Waals surface area contributed by atoms with Gasteiger partial charge in [0.05, 0.1) is 11.9 Å². The van der Waals surface area contributed by atoms with E-state index in [-0.39, 0.29) is 17.7 Å². The maximum absolute atomic E-state index is 12.7. The summed E-state index contributed by atoms with van der Waals surface area (Å²) in [4.78, 5) is 25.3. The van der Waals surface area contributed by atoms with Gasteiger partial charge >= 0.3 is 0 Å². The number of hydrogen-bond donors (Lipinski definition) is 2. The summed E-state index contributed by atoms with van der Waals surface area (Å²) in [6, 6.07) is 3.78. The third kappa shape index (κ3) is 4.23. The highest BCUT2D eigenvalue weighted by Crippen LogP contribution is 2.47. The number of nitrogens with one attached hydrogen (secondary N) is 1. The molecule has 4 rings (SSSR count). The van der Waals surface area contributed by atoms with Crippen LogP contribution in [0.3, 0.4) is 0 Å². The van der Waals surface area contributed by atoms with Crippen LogP contribution in [0.2, 0.25) is 0 Å². The van der Waals surface area contributed by atoms with Crippen LogP contribution in [0.25, 0.3) is 16.3 Å². The summed E-state index contributed by atoms with van der Waals surface area (Å²) >= 11 is 0. The lowest BCUT2D eigenvalue weighted by atomic mass is 10.0. The number of nitrogen functional groups attached to an aromatic ring is 1. The maximum Gasteiger partial charge on any atom is 0.229 e. The summed E-state index contributed by atoms with van der Waals surface area (Å²) < 4.78 is 1.76. The van der Waals surface area contributed by atoms with Crippen LogP contribution < -0.4 is 11.1 Å². The average Bonchev–Trinajstić information content (AvgIpc) is 3.44. The zero-order chi connectivity index (χ0) is 22.1. The molecule has 158 valence electrons. The van der Waals surface area contributed by atoms with Gasteiger partial charge in [0.2, 0.25) is 5.91 Å². The summed E-state index contributed by atoms with van der Waals surface area (Å²) in [5.74, 6) is 1.03. The van der Waals surface area contributed by atoms with Crippen molar-refractivity contribution in [3.63, 3.8) is 0 Å². The van der Waals surface area contributed by atoms with Crippen molar-refractivity contribution in [1.29, 1.82) is 0 Å². The van der Waals surface area contributed by atoms with Crippen LogP contribution in [0.5, 0.6) is 0 Å². The Hall–Kier alpha value is -3.81. The summed E-state index contributed by atoms with van der Waals surface area (Å²) in [5.41, 5.74) is 10.0. The second-order valence-electron chi connectivity index (χ2n) is 7.88.